The van der Waals surface area contributed by atoms with Crippen molar-refractivity contribution in [2.45, 2.75) is 58.8 Å². The van der Waals surface area contributed by atoms with Crippen LogP contribution in [0.5, 0.6) is 11.5 Å². The van der Waals surface area contributed by atoms with Gasteiger partial charge in [0.1, 0.15) is 28.5 Å². The molecule has 0 spiro atoms. The van der Waals surface area contributed by atoms with Crippen LogP contribution in [0.2, 0.25) is 0 Å². The van der Waals surface area contributed by atoms with Crippen molar-refractivity contribution in [3.63, 3.8) is 0 Å². The summed E-state index contributed by atoms with van der Waals surface area (Å²) in [6, 6.07) is 43.1. The fraction of sp³-hybridized carbons (Fsp3) is 0.196. The summed E-state index contributed by atoms with van der Waals surface area (Å²) in [7, 11) is 0. The Bertz CT molecular complexity index is 2570. The quantitative estimate of drug-likeness (QED) is 0.186. The van der Waals surface area contributed by atoms with Gasteiger partial charge in [-0.3, -0.25) is 4.57 Å². The van der Waals surface area contributed by atoms with E-state index < -0.39 is 0 Å². The Morgan fingerprint density at radius 2 is 1.32 bits per heavy atom. The Hall–Kier alpha value is -5.61. The van der Waals surface area contributed by atoms with Crippen LogP contribution in [0.3, 0.4) is 0 Å². The van der Waals surface area contributed by atoms with E-state index in [1.165, 1.54) is 33.5 Å². The van der Waals surface area contributed by atoms with Gasteiger partial charge in [0.25, 0.3) is 0 Å². The number of hydrogen-bond acceptors (Lipinski definition) is 3. The highest BCUT2D eigenvalue weighted by atomic mass is 16.5. The van der Waals surface area contributed by atoms with Gasteiger partial charge in [-0.2, -0.15) is 0 Å². The van der Waals surface area contributed by atoms with E-state index in [-0.39, 0.29) is 17.3 Å². The second-order valence-electron chi connectivity index (χ2n) is 14.8. The first-order valence-electron chi connectivity index (χ1n) is 17.7. The molecule has 9 rings (SSSR count). The minimum absolute atomic E-state index is 0.222. The molecule has 0 aliphatic carbocycles. The molecule has 0 bridgehead atoms. The minimum Gasteiger partial charge on any atom is -0.457 e. The number of furan rings is 1. The van der Waals surface area contributed by atoms with Gasteiger partial charge in [-0.05, 0) is 76.6 Å². The van der Waals surface area contributed by atoms with Crippen molar-refractivity contribution in [3.8, 4) is 39.7 Å². The molecule has 246 valence electrons. The Labute approximate surface area is 293 Å². The Morgan fingerprint density at radius 1 is 0.620 bits per heavy atom. The van der Waals surface area contributed by atoms with Gasteiger partial charge in [-0.1, -0.05) is 114 Å². The zero-order chi connectivity index (χ0) is 34.3. The zero-order valence-electron chi connectivity index (χ0n) is 29.4. The lowest BCUT2D eigenvalue weighted by atomic mass is 9.75. The van der Waals surface area contributed by atoms with Crippen molar-refractivity contribution in [2.24, 2.45) is 0 Å². The largest absolute Gasteiger partial charge is 0.457 e. The average molecular weight is 653 g/mol. The average Bonchev–Trinajstić information content (AvgIpc) is 3.69. The molecule has 4 heteroatoms. The predicted octanol–water partition coefficient (Wildman–Crippen LogP) is 12.9. The summed E-state index contributed by atoms with van der Waals surface area (Å²) in [6.07, 6.45) is 0. The SMILES string of the molecule is CC(C)c1cc(-c2ccccc2)cc(C(C)C)c1-n1c(-c2cccc3c2oc2cc4c(cc23)C(C)(C)c2ccccc2O4)nc2ccccc21. The highest BCUT2D eigenvalue weighted by Crippen LogP contribution is 2.50. The first-order chi connectivity index (χ1) is 24.2. The third kappa shape index (κ3) is 4.55. The molecule has 4 nitrogen and oxygen atoms in total. The number of hydrogen-bond donors (Lipinski definition) is 0. The fourth-order valence-electron chi connectivity index (χ4n) is 7.96. The molecule has 0 saturated heterocycles. The molecule has 0 N–H and O–H groups in total. The molecule has 1 aliphatic rings. The molecule has 8 aromatic rings. The monoisotopic (exact) mass is 652 g/mol. The van der Waals surface area contributed by atoms with Crippen LogP contribution in [-0.4, -0.2) is 9.55 Å². The van der Waals surface area contributed by atoms with Gasteiger partial charge >= 0.3 is 0 Å². The van der Waals surface area contributed by atoms with Crippen LogP contribution in [0.1, 0.15) is 75.6 Å². The standard InChI is InChI=1S/C46H40N2O2/c1-27(2)33-23-30(29-15-8-7-9-16-29)24-34(28(3)4)43(33)48-39-21-12-11-20-38(39)47-45(48)32-18-14-17-31-35-25-37-42(26-41(35)50-44(31)32)49-40-22-13-10-19-36(40)46(37,5)6/h7-28H,1-6H3. The maximum Gasteiger partial charge on any atom is 0.149 e. The number of fused-ring (bicyclic) bond motifs is 6. The van der Waals surface area contributed by atoms with Gasteiger partial charge in [0.15, 0.2) is 0 Å². The number of para-hydroxylation sites is 4. The van der Waals surface area contributed by atoms with Crippen LogP contribution in [-0.2, 0) is 5.41 Å². The van der Waals surface area contributed by atoms with Gasteiger partial charge in [-0.25, -0.2) is 4.98 Å². The number of nitrogens with zero attached hydrogens (tertiary/aromatic N) is 2. The molecule has 0 fully saturated rings. The molecule has 2 aromatic heterocycles. The maximum absolute atomic E-state index is 6.85. The third-order valence-corrected chi connectivity index (χ3v) is 10.6. The van der Waals surface area contributed by atoms with E-state index in [0.29, 0.717) is 0 Å². The van der Waals surface area contributed by atoms with Crippen LogP contribution < -0.4 is 4.74 Å². The molecular weight excluding hydrogens is 613 g/mol. The van der Waals surface area contributed by atoms with Crippen molar-refractivity contribution in [3.05, 3.63) is 144 Å². The summed E-state index contributed by atoms with van der Waals surface area (Å²) < 4.78 is 15.7. The van der Waals surface area contributed by atoms with Crippen molar-refractivity contribution in [1.29, 1.82) is 0 Å². The number of ether oxygens (including phenoxy) is 1. The zero-order valence-corrected chi connectivity index (χ0v) is 29.4. The first kappa shape index (κ1) is 30.4. The van der Waals surface area contributed by atoms with E-state index in [4.69, 9.17) is 14.1 Å². The van der Waals surface area contributed by atoms with Crippen LogP contribution in [0.4, 0.5) is 0 Å². The van der Waals surface area contributed by atoms with Crippen molar-refractivity contribution >= 4 is 33.0 Å². The van der Waals surface area contributed by atoms with Crippen molar-refractivity contribution in [2.75, 3.05) is 0 Å². The summed E-state index contributed by atoms with van der Waals surface area (Å²) in [5.74, 6) is 3.17. The summed E-state index contributed by atoms with van der Waals surface area (Å²) in [5.41, 5.74) is 13.0. The van der Waals surface area contributed by atoms with Gasteiger partial charge < -0.3 is 9.15 Å². The van der Waals surface area contributed by atoms with E-state index in [9.17, 15) is 0 Å². The van der Waals surface area contributed by atoms with Gasteiger partial charge in [0.05, 0.1) is 22.3 Å². The van der Waals surface area contributed by atoms with E-state index in [1.54, 1.807) is 0 Å². The highest BCUT2D eigenvalue weighted by Gasteiger charge is 2.35. The smallest absolute Gasteiger partial charge is 0.149 e. The lowest BCUT2D eigenvalue weighted by Gasteiger charge is -2.34. The summed E-state index contributed by atoms with van der Waals surface area (Å²) >= 11 is 0. The fourth-order valence-corrected chi connectivity index (χ4v) is 7.96. The maximum atomic E-state index is 6.85. The molecule has 0 radical (unpaired) electrons. The summed E-state index contributed by atoms with van der Waals surface area (Å²) in [6.45, 7) is 13.7. The van der Waals surface area contributed by atoms with Crippen molar-refractivity contribution < 1.29 is 9.15 Å². The summed E-state index contributed by atoms with van der Waals surface area (Å²) in [4.78, 5) is 5.37. The molecule has 0 unspecified atom stereocenters. The Kier molecular flexibility index (Phi) is 6.83. The second kappa shape index (κ2) is 11.2. The molecule has 1 aliphatic heterocycles. The first-order valence-corrected chi connectivity index (χ1v) is 17.7. The van der Waals surface area contributed by atoms with Gasteiger partial charge in [0, 0.05) is 33.4 Å². The van der Waals surface area contributed by atoms with Crippen LogP contribution in [0.25, 0.3) is 61.2 Å². The van der Waals surface area contributed by atoms with E-state index in [2.05, 4.69) is 161 Å². The number of benzene rings is 6. The second-order valence-corrected chi connectivity index (χ2v) is 14.8. The molecule has 50 heavy (non-hydrogen) atoms. The lowest BCUT2D eigenvalue weighted by molar-refractivity contribution is 0.418. The van der Waals surface area contributed by atoms with Crippen LogP contribution in [0, 0.1) is 0 Å². The molecule has 0 saturated carbocycles. The minimum atomic E-state index is -0.222. The predicted molar refractivity (Wildman–Crippen MR) is 206 cm³/mol. The van der Waals surface area contributed by atoms with Gasteiger partial charge in [-0.15, -0.1) is 0 Å². The summed E-state index contributed by atoms with van der Waals surface area (Å²) in [5, 5.41) is 2.15. The van der Waals surface area contributed by atoms with E-state index >= 15 is 0 Å². The number of rotatable bonds is 5. The number of imidazole rings is 1. The van der Waals surface area contributed by atoms with E-state index in [1.807, 2.05) is 6.07 Å². The molecule has 6 aromatic carbocycles. The topological polar surface area (TPSA) is 40.2 Å². The van der Waals surface area contributed by atoms with Crippen LogP contribution >= 0.6 is 0 Å². The van der Waals surface area contributed by atoms with E-state index in [0.717, 1.165) is 61.4 Å². The Balaban J connectivity index is 1.32. The molecule has 3 heterocycles. The van der Waals surface area contributed by atoms with Gasteiger partial charge in [0.2, 0.25) is 0 Å². The van der Waals surface area contributed by atoms with Crippen molar-refractivity contribution in [1.82, 2.24) is 9.55 Å². The number of aromatic nitrogens is 2. The lowest BCUT2D eigenvalue weighted by Crippen LogP contribution is -2.24. The normalized spacial score (nSPS) is 13.7. The Morgan fingerprint density at radius 3 is 2.08 bits per heavy atom. The van der Waals surface area contributed by atoms with Crippen LogP contribution in [0.15, 0.2) is 126 Å². The molecule has 0 atom stereocenters. The highest BCUT2D eigenvalue weighted by molar-refractivity contribution is 6.10. The molecular formula is C46H40N2O2. The third-order valence-electron chi connectivity index (χ3n) is 10.6. The molecule has 0 amide bonds.